The quantitative estimate of drug-likeness (QED) is 0.515. The molecule has 31 heavy (non-hydrogen) atoms. The number of nitrogens with one attached hydrogen (secondary N) is 1. The Morgan fingerprint density at radius 3 is 2.26 bits per heavy atom. The highest BCUT2D eigenvalue weighted by Crippen LogP contribution is 2.38. The molecular weight excluding hydrogens is 436 g/mol. The van der Waals surface area contributed by atoms with E-state index in [1.807, 2.05) is 24.3 Å². The van der Waals surface area contributed by atoms with Gasteiger partial charge in [-0.15, -0.1) is 0 Å². The summed E-state index contributed by atoms with van der Waals surface area (Å²) in [5.74, 6) is -0.584. The van der Waals surface area contributed by atoms with Crippen molar-refractivity contribution in [2.45, 2.75) is 36.1 Å². The lowest BCUT2D eigenvalue weighted by atomic mass is 10.0. The summed E-state index contributed by atoms with van der Waals surface area (Å²) in [6, 6.07) is 13.3. The summed E-state index contributed by atoms with van der Waals surface area (Å²) < 4.78 is 26.9. The average Bonchev–Trinajstić information content (AvgIpc) is 2.73. The number of hydrogen-bond donors (Lipinski definition) is 3. The van der Waals surface area contributed by atoms with Crippen LogP contribution in [0.15, 0.2) is 53.4 Å². The predicted molar refractivity (Wildman–Crippen MR) is 123 cm³/mol. The highest BCUT2D eigenvalue weighted by atomic mass is 32.2. The van der Waals surface area contributed by atoms with Gasteiger partial charge in [-0.05, 0) is 42.7 Å². The van der Waals surface area contributed by atoms with Gasteiger partial charge in [-0.1, -0.05) is 36.4 Å². The van der Waals surface area contributed by atoms with Crippen LogP contribution in [-0.4, -0.2) is 65.1 Å². The number of aliphatic hydroxyl groups is 1. The molecule has 0 amide bonds. The van der Waals surface area contributed by atoms with Crippen LogP contribution in [0.1, 0.15) is 19.4 Å². The van der Waals surface area contributed by atoms with Gasteiger partial charge < -0.3 is 15.5 Å². The Bertz CT molecular complexity index is 1010. The first-order chi connectivity index (χ1) is 14.7. The number of hydrogen-bond acceptors (Lipinski definition) is 6. The summed E-state index contributed by atoms with van der Waals surface area (Å²) >= 11 is 1.47. The Labute approximate surface area is 187 Å². The molecule has 9 heteroatoms. The Hall–Kier alpha value is -1.91. The maximum atomic E-state index is 13.2. The molecule has 1 aliphatic heterocycles. The van der Waals surface area contributed by atoms with Crippen molar-refractivity contribution in [1.29, 1.82) is 0 Å². The van der Waals surface area contributed by atoms with Crippen LogP contribution in [0, 0.1) is 0 Å². The molecule has 7 nitrogen and oxygen atoms in total. The van der Waals surface area contributed by atoms with Crippen LogP contribution in [0.2, 0.25) is 0 Å². The smallest absolute Gasteiger partial charge is 0.323 e. The fourth-order valence-electron chi connectivity index (χ4n) is 3.71. The third kappa shape index (κ3) is 5.30. The molecule has 1 atom stereocenters. The second-order valence-corrected chi connectivity index (χ2v) is 11.6. The Morgan fingerprint density at radius 1 is 1.13 bits per heavy atom. The van der Waals surface area contributed by atoms with Gasteiger partial charge in [-0.2, -0.15) is 16.1 Å². The van der Waals surface area contributed by atoms with Crippen molar-refractivity contribution in [3.8, 4) is 11.1 Å². The van der Waals surface area contributed by atoms with Gasteiger partial charge in [0, 0.05) is 30.1 Å². The molecule has 0 aliphatic carbocycles. The number of thioether (sulfide) groups is 1. The zero-order valence-corrected chi connectivity index (χ0v) is 19.2. The molecule has 3 N–H and O–H groups in total. The third-order valence-corrected chi connectivity index (χ3v) is 8.56. The summed E-state index contributed by atoms with van der Waals surface area (Å²) in [7, 11) is -3.94. The molecule has 168 valence electrons. The fourth-order valence-corrected chi connectivity index (χ4v) is 6.81. The molecule has 2 aromatic carbocycles. The van der Waals surface area contributed by atoms with Crippen LogP contribution in [0.5, 0.6) is 0 Å². The molecule has 0 radical (unpaired) electrons. The standard InChI is InChI=1S/C22H28N2O5S2/c1-22(2)20(21(26)27)24(12-14-30-22)31(28,29)19-9-7-18(8-10-19)17-5-3-16(4-6-17)15-23-11-13-25/h3-10,20,23,25H,11-15H2,1-2H3,(H,26,27). The average molecular weight is 465 g/mol. The predicted octanol–water partition coefficient (Wildman–Crippen LogP) is 2.40. The molecule has 0 aromatic heterocycles. The normalized spacial score (nSPS) is 19.3. The van der Waals surface area contributed by atoms with E-state index >= 15 is 0 Å². The molecule has 0 bridgehead atoms. The molecule has 1 fully saturated rings. The second kappa shape index (κ2) is 9.70. The van der Waals surface area contributed by atoms with E-state index in [4.69, 9.17) is 5.11 Å². The van der Waals surface area contributed by atoms with Crippen molar-refractivity contribution in [3.63, 3.8) is 0 Å². The van der Waals surface area contributed by atoms with E-state index < -0.39 is 26.8 Å². The number of carbonyl (C=O) groups is 1. The van der Waals surface area contributed by atoms with Crippen LogP contribution in [0.4, 0.5) is 0 Å². The third-order valence-electron chi connectivity index (χ3n) is 5.33. The number of carboxylic acids is 1. The zero-order valence-electron chi connectivity index (χ0n) is 17.6. The zero-order chi connectivity index (χ0) is 22.6. The number of sulfonamides is 1. The first-order valence-electron chi connectivity index (χ1n) is 10.1. The van der Waals surface area contributed by atoms with Crippen molar-refractivity contribution in [3.05, 3.63) is 54.1 Å². The molecule has 0 saturated carbocycles. The lowest BCUT2D eigenvalue weighted by Crippen LogP contribution is -2.58. The maximum Gasteiger partial charge on any atom is 0.323 e. The molecule has 1 saturated heterocycles. The highest BCUT2D eigenvalue weighted by molar-refractivity contribution is 8.00. The summed E-state index contributed by atoms with van der Waals surface area (Å²) in [4.78, 5) is 12.0. The fraction of sp³-hybridized carbons (Fsp3) is 0.409. The van der Waals surface area contributed by atoms with E-state index in [0.717, 1.165) is 21.0 Å². The Balaban J connectivity index is 1.81. The Kier molecular flexibility index (Phi) is 7.43. The first-order valence-corrected chi connectivity index (χ1v) is 12.5. The van der Waals surface area contributed by atoms with Crippen LogP contribution < -0.4 is 5.32 Å². The summed E-state index contributed by atoms with van der Waals surface area (Å²) in [5.41, 5.74) is 2.91. The van der Waals surface area contributed by atoms with Gasteiger partial charge in [0.1, 0.15) is 6.04 Å². The van der Waals surface area contributed by atoms with Gasteiger partial charge in [0.25, 0.3) is 0 Å². The van der Waals surface area contributed by atoms with E-state index in [0.29, 0.717) is 18.8 Å². The van der Waals surface area contributed by atoms with E-state index in [1.165, 1.54) is 23.9 Å². The topological polar surface area (TPSA) is 107 Å². The molecule has 1 heterocycles. The minimum atomic E-state index is -3.94. The van der Waals surface area contributed by atoms with Gasteiger partial charge in [0.15, 0.2) is 0 Å². The number of carboxylic acid groups (broad SMARTS) is 1. The van der Waals surface area contributed by atoms with E-state index in [-0.39, 0.29) is 18.0 Å². The SMILES string of the molecule is CC1(C)SCCN(S(=O)(=O)c2ccc(-c3ccc(CNCCO)cc3)cc2)C1C(=O)O. The monoisotopic (exact) mass is 464 g/mol. The molecule has 3 rings (SSSR count). The van der Waals surface area contributed by atoms with E-state index in [9.17, 15) is 18.3 Å². The molecule has 1 unspecified atom stereocenters. The lowest BCUT2D eigenvalue weighted by Gasteiger charge is -2.42. The number of rotatable bonds is 8. The van der Waals surface area contributed by atoms with Gasteiger partial charge in [-0.25, -0.2) is 8.42 Å². The van der Waals surface area contributed by atoms with Crippen molar-refractivity contribution >= 4 is 27.8 Å². The van der Waals surface area contributed by atoms with Crippen molar-refractivity contribution in [1.82, 2.24) is 9.62 Å². The van der Waals surface area contributed by atoms with Crippen LogP contribution in [-0.2, 0) is 21.4 Å². The van der Waals surface area contributed by atoms with Crippen molar-refractivity contribution in [2.24, 2.45) is 0 Å². The molecular formula is C22H28N2O5S2. The van der Waals surface area contributed by atoms with Gasteiger partial charge in [0.05, 0.1) is 11.5 Å². The van der Waals surface area contributed by atoms with E-state index in [2.05, 4.69) is 5.32 Å². The molecule has 2 aromatic rings. The summed E-state index contributed by atoms with van der Waals surface area (Å²) in [6.07, 6.45) is 0. The maximum absolute atomic E-state index is 13.2. The van der Waals surface area contributed by atoms with Crippen LogP contribution >= 0.6 is 11.8 Å². The number of nitrogens with zero attached hydrogens (tertiary/aromatic N) is 1. The number of benzene rings is 2. The summed E-state index contributed by atoms with van der Waals surface area (Å²) in [5, 5.41) is 21.6. The van der Waals surface area contributed by atoms with E-state index in [1.54, 1.807) is 26.0 Å². The highest BCUT2D eigenvalue weighted by Gasteiger charge is 2.48. The first kappa shape index (κ1) is 23.7. The largest absolute Gasteiger partial charge is 0.480 e. The van der Waals surface area contributed by atoms with Gasteiger partial charge >= 0.3 is 5.97 Å². The molecule has 0 spiro atoms. The second-order valence-electron chi connectivity index (χ2n) is 7.93. The van der Waals surface area contributed by atoms with Gasteiger partial charge in [0.2, 0.25) is 10.0 Å². The van der Waals surface area contributed by atoms with Crippen LogP contribution in [0.3, 0.4) is 0 Å². The minimum Gasteiger partial charge on any atom is -0.480 e. The Morgan fingerprint density at radius 2 is 1.71 bits per heavy atom. The van der Waals surface area contributed by atoms with Crippen molar-refractivity contribution < 1.29 is 23.4 Å². The number of aliphatic hydroxyl groups excluding tert-OH is 1. The minimum absolute atomic E-state index is 0.0916. The molecule has 1 aliphatic rings. The lowest BCUT2D eigenvalue weighted by molar-refractivity contribution is -0.142. The van der Waals surface area contributed by atoms with Gasteiger partial charge in [-0.3, -0.25) is 4.79 Å². The van der Waals surface area contributed by atoms with Crippen molar-refractivity contribution in [2.75, 3.05) is 25.4 Å². The number of aliphatic carboxylic acids is 1. The summed E-state index contributed by atoms with van der Waals surface area (Å²) in [6.45, 7) is 4.99. The van der Waals surface area contributed by atoms with Crippen LogP contribution in [0.25, 0.3) is 11.1 Å².